The molecule has 6 rings (SSSR count). The SMILES string of the molecule is COc1cc(OCc2sc(-c3ccc(C(C)(F)F)cc3)nc2C)ccc1C#N.Cc1nc(-c2ccc(C(F)(F)F)cc2)sc1COc1ccc(C#N)c(F)c1. The molecule has 0 spiro atoms. The molecule has 0 radical (unpaired) electrons. The molecular formula is C40H30F6N4O3S2. The van der Waals surface area contributed by atoms with Gasteiger partial charge in [0.25, 0.3) is 5.92 Å². The van der Waals surface area contributed by atoms with Crippen molar-refractivity contribution in [2.24, 2.45) is 0 Å². The van der Waals surface area contributed by atoms with Crippen LogP contribution in [0.15, 0.2) is 84.9 Å². The molecule has 2 heterocycles. The van der Waals surface area contributed by atoms with Crippen molar-refractivity contribution in [1.29, 1.82) is 10.5 Å². The van der Waals surface area contributed by atoms with E-state index in [4.69, 9.17) is 24.7 Å². The van der Waals surface area contributed by atoms with E-state index in [0.717, 1.165) is 51.1 Å². The summed E-state index contributed by atoms with van der Waals surface area (Å²) in [5.74, 6) is -2.22. The van der Waals surface area contributed by atoms with E-state index in [1.807, 2.05) is 6.92 Å². The summed E-state index contributed by atoms with van der Waals surface area (Å²) in [6, 6.07) is 23.7. The van der Waals surface area contributed by atoms with Crippen molar-refractivity contribution in [3.63, 3.8) is 0 Å². The molecule has 6 aromatic rings. The molecule has 282 valence electrons. The smallest absolute Gasteiger partial charge is 0.416 e. The number of alkyl halides is 5. The first-order valence-electron chi connectivity index (χ1n) is 16.2. The number of aryl methyl sites for hydroxylation is 2. The Balaban J connectivity index is 0.000000211. The Morgan fingerprint density at radius 1 is 0.655 bits per heavy atom. The summed E-state index contributed by atoms with van der Waals surface area (Å²) in [5.41, 5.74) is 2.50. The summed E-state index contributed by atoms with van der Waals surface area (Å²) in [6.07, 6.45) is -4.38. The minimum atomic E-state index is -4.38. The second-order valence-corrected chi connectivity index (χ2v) is 14.1. The van der Waals surface area contributed by atoms with Gasteiger partial charge in [-0.2, -0.15) is 23.7 Å². The van der Waals surface area contributed by atoms with Crippen molar-refractivity contribution in [2.45, 2.75) is 46.1 Å². The molecule has 0 N–H and O–H groups in total. The number of halogens is 6. The standard InChI is InChI=1S/C21H18F2N2O2S.C19H12F4N2OS/c1-13-19(12-27-17-9-6-15(11-24)18(10-17)26-3)28-20(25-13)14-4-7-16(8-5-14)21(2,22)23;1-11-17(10-26-15-7-4-13(9-24)16(20)8-15)27-18(25-11)12-2-5-14(6-3-12)19(21,22)23/h4-10H,12H2,1-3H3;2-8H,10H2,1H3. The molecule has 0 unspecified atom stereocenters. The van der Waals surface area contributed by atoms with Gasteiger partial charge in [-0.05, 0) is 50.2 Å². The summed E-state index contributed by atoms with van der Waals surface area (Å²) in [4.78, 5) is 10.6. The van der Waals surface area contributed by atoms with Crippen LogP contribution in [0.4, 0.5) is 26.3 Å². The van der Waals surface area contributed by atoms with Crippen LogP contribution >= 0.6 is 22.7 Å². The van der Waals surface area contributed by atoms with Crippen molar-refractivity contribution in [2.75, 3.05) is 7.11 Å². The van der Waals surface area contributed by atoms with E-state index in [0.29, 0.717) is 39.9 Å². The highest BCUT2D eigenvalue weighted by atomic mass is 32.1. The van der Waals surface area contributed by atoms with Crippen molar-refractivity contribution >= 4 is 22.7 Å². The Kier molecular flexibility index (Phi) is 12.5. The average molecular weight is 793 g/mol. The Bertz CT molecular complexity index is 2360. The predicted octanol–water partition coefficient (Wildman–Crippen LogP) is 11.4. The first-order valence-corrected chi connectivity index (χ1v) is 17.8. The summed E-state index contributed by atoms with van der Waals surface area (Å²) < 4.78 is 94.8. The number of hydrogen-bond acceptors (Lipinski definition) is 9. The lowest BCUT2D eigenvalue weighted by molar-refractivity contribution is -0.137. The first kappa shape index (κ1) is 40.3. The zero-order valence-corrected chi connectivity index (χ0v) is 31.2. The third-order valence-corrected chi connectivity index (χ3v) is 10.3. The van der Waals surface area contributed by atoms with E-state index in [2.05, 4.69) is 16.0 Å². The Morgan fingerprint density at radius 2 is 1.11 bits per heavy atom. The van der Waals surface area contributed by atoms with E-state index >= 15 is 0 Å². The second kappa shape index (κ2) is 17.1. The predicted molar refractivity (Wildman–Crippen MR) is 197 cm³/mol. The molecule has 0 saturated heterocycles. The van der Waals surface area contributed by atoms with Crippen LogP contribution in [0.2, 0.25) is 0 Å². The van der Waals surface area contributed by atoms with E-state index in [1.54, 1.807) is 43.3 Å². The van der Waals surface area contributed by atoms with Crippen LogP contribution in [-0.4, -0.2) is 17.1 Å². The van der Waals surface area contributed by atoms with Crippen molar-refractivity contribution in [3.05, 3.63) is 134 Å². The molecule has 0 bridgehead atoms. The fraction of sp³-hybridized carbons (Fsp3) is 0.200. The normalized spacial score (nSPS) is 11.2. The van der Waals surface area contributed by atoms with E-state index < -0.39 is 23.5 Å². The molecule has 15 heteroatoms. The molecule has 0 aliphatic heterocycles. The third kappa shape index (κ3) is 10.2. The molecule has 0 fully saturated rings. The molecular weight excluding hydrogens is 763 g/mol. The zero-order valence-electron chi connectivity index (χ0n) is 29.6. The number of methoxy groups -OCH3 is 1. The third-order valence-electron chi connectivity index (χ3n) is 7.98. The van der Waals surface area contributed by atoms with Crippen molar-refractivity contribution < 1.29 is 40.6 Å². The Morgan fingerprint density at radius 3 is 1.53 bits per heavy atom. The van der Waals surface area contributed by atoms with Gasteiger partial charge < -0.3 is 14.2 Å². The molecule has 55 heavy (non-hydrogen) atoms. The number of rotatable bonds is 10. The zero-order chi connectivity index (χ0) is 39.9. The van der Waals surface area contributed by atoms with E-state index in [9.17, 15) is 26.3 Å². The topological polar surface area (TPSA) is 101 Å². The molecule has 7 nitrogen and oxygen atoms in total. The molecule has 0 aliphatic rings. The number of ether oxygens (including phenoxy) is 3. The number of nitrogens with zero attached hydrogens (tertiary/aromatic N) is 4. The highest BCUT2D eigenvalue weighted by Gasteiger charge is 2.30. The molecule has 0 saturated carbocycles. The van der Waals surface area contributed by atoms with Crippen LogP contribution in [0.25, 0.3) is 21.1 Å². The number of nitriles is 2. The second-order valence-electron chi connectivity index (χ2n) is 11.9. The lowest BCUT2D eigenvalue weighted by atomic mass is 10.1. The minimum Gasteiger partial charge on any atom is -0.495 e. The van der Waals surface area contributed by atoms with Gasteiger partial charge in [0.2, 0.25) is 0 Å². The summed E-state index contributed by atoms with van der Waals surface area (Å²) in [7, 11) is 1.50. The Labute approximate surface area is 320 Å². The van der Waals surface area contributed by atoms with Gasteiger partial charge in [-0.3, -0.25) is 0 Å². The van der Waals surface area contributed by atoms with Crippen molar-refractivity contribution in [3.8, 4) is 50.5 Å². The van der Waals surface area contributed by atoms with E-state index in [-0.39, 0.29) is 23.5 Å². The van der Waals surface area contributed by atoms with Crippen LogP contribution in [0, 0.1) is 42.3 Å². The monoisotopic (exact) mass is 792 g/mol. The summed E-state index contributed by atoms with van der Waals surface area (Å²) in [6.45, 7) is 4.97. The maximum absolute atomic E-state index is 13.6. The van der Waals surface area contributed by atoms with Gasteiger partial charge in [0.15, 0.2) is 0 Å². The van der Waals surface area contributed by atoms with Crippen LogP contribution in [0.3, 0.4) is 0 Å². The summed E-state index contributed by atoms with van der Waals surface area (Å²) in [5, 5.41) is 19.1. The lowest BCUT2D eigenvalue weighted by Crippen LogP contribution is -2.06. The maximum atomic E-state index is 13.6. The van der Waals surface area contributed by atoms with Crippen molar-refractivity contribution in [1.82, 2.24) is 9.97 Å². The van der Waals surface area contributed by atoms with Gasteiger partial charge in [-0.15, -0.1) is 22.7 Å². The highest BCUT2D eigenvalue weighted by Crippen LogP contribution is 2.35. The highest BCUT2D eigenvalue weighted by molar-refractivity contribution is 7.15. The van der Waals surface area contributed by atoms with Crippen LogP contribution in [0.5, 0.6) is 17.2 Å². The van der Waals surface area contributed by atoms with Crippen LogP contribution < -0.4 is 14.2 Å². The molecule has 0 atom stereocenters. The quantitative estimate of drug-likeness (QED) is 0.127. The number of thiazole rings is 2. The largest absolute Gasteiger partial charge is 0.495 e. The van der Waals surface area contributed by atoms with Gasteiger partial charge in [-0.1, -0.05) is 36.4 Å². The van der Waals surface area contributed by atoms with Gasteiger partial charge in [0.1, 0.15) is 58.4 Å². The molecule has 4 aromatic carbocycles. The number of aromatic nitrogens is 2. The number of hydrogen-bond donors (Lipinski definition) is 0. The van der Waals surface area contributed by atoms with Gasteiger partial charge in [0, 0.05) is 35.7 Å². The molecule has 0 amide bonds. The van der Waals surface area contributed by atoms with Crippen LogP contribution in [-0.2, 0) is 25.3 Å². The van der Waals surface area contributed by atoms with E-state index in [1.165, 1.54) is 66.2 Å². The first-order chi connectivity index (χ1) is 26.1. The lowest BCUT2D eigenvalue weighted by Gasteiger charge is -2.10. The average Bonchev–Trinajstić information content (AvgIpc) is 3.73. The maximum Gasteiger partial charge on any atom is 0.416 e. The molecule has 2 aromatic heterocycles. The minimum absolute atomic E-state index is 0.0251. The number of benzene rings is 4. The van der Waals surface area contributed by atoms with Gasteiger partial charge in [0.05, 0.1) is 44.9 Å². The van der Waals surface area contributed by atoms with Crippen LogP contribution in [0.1, 0.15) is 50.3 Å². The molecule has 0 aliphatic carbocycles. The fourth-order valence-electron chi connectivity index (χ4n) is 4.91. The van der Waals surface area contributed by atoms with Gasteiger partial charge in [-0.25, -0.2) is 23.1 Å². The Hall–Kier alpha value is -5.90. The van der Waals surface area contributed by atoms with Gasteiger partial charge >= 0.3 is 6.18 Å². The fourth-order valence-corrected chi connectivity index (χ4v) is 6.87. The summed E-state index contributed by atoms with van der Waals surface area (Å²) >= 11 is 2.75.